The molecule has 6 saturated carbocycles. The lowest BCUT2D eigenvalue weighted by Crippen LogP contribution is -2.71. The number of nitrogens with one attached hydrogen (secondary N) is 1. The third kappa shape index (κ3) is 6.52. The number of likely N-dealkylation sites (tertiary alicyclic amines) is 1. The maximum atomic E-state index is 15.7. The van der Waals surface area contributed by atoms with E-state index in [0.717, 1.165) is 106 Å². The minimum Gasteiger partial charge on any atom is -0.481 e. The van der Waals surface area contributed by atoms with Gasteiger partial charge in [-0.3, -0.25) is 14.4 Å². The number of esters is 1. The summed E-state index contributed by atoms with van der Waals surface area (Å²) in [7, 11) is 0. The molecule has 2 aromatic carbocycles. The van der Waals surface area contributed by atoms with Crippen molar-refractivity contribution in [2.45, 2.75) is 158 Å². The first kappa shape index (κ1) is 46.7. The SMILES string of the molecule is CC(C)C1CC[C@]2(C(=O)N3CCC[C@H]3c3ncc(-c4ccc(F)cc4)[nH]3)CC[C@]3(C)[C@H](CC[C@@H]4[C@]5(C)CC[C@H]([C@@]6(C(=O)O)C[C@@H](C(=O)OCc7ccccc7)C6(C)C)C(C)(C)[C@H]5CC[C@]43C)[C@@H]12. The first-order valence-corrected chi connectivity index (χ1v) is 26.2. The average Bonchev–Trinajstić information content (AvgIpc) is 4.06. The topological polar surface area (TPSA) is 113 Å². The zero-order chi connectivity index (χ0) is 47.7. The highest BCUT2D eigenvalue weighted by Crippen LogP contribution is 2.80. The molecule has 0 bridgehead atoms. The van der Waals surface area contributed by atoms with E-state index in [0.29, 0.717) is 47.8 Å². The predicted molar refractivity (Wildman–Crippen MR) is 258 cm³/mol. The Labute approximate surface area is 399 Å². The van der Waals surface area contributed by atoms with Crippen LogP contribution in [-0.4, -0.2) is 44.4 Å². The average molecular weight is 916 g/mol. The van der Waals surface area contributed by atoms with Crippen molar-refractivity contribution < 1.29 is 28.6 Å². The molecule has 9 heteroatoms. The quantitative estimate of drug-likeness (QED) is 0.207. The highest BCUT2D eigenvalue weighted by molar-refractivity contribution is 5.85. The van der Waals surface area contributed by atoms with E-state index in [1.165, 1.54) is 12.1 Å². The largest absolute Gasteiger partial charge is 0.481 e. The summed E-state index contributed by atoms with van der Waals surface area (Å²) in [6.07, 6.45) is 14.5. The van der Waals surface area contributed by atoms with E-state index in [9.17, 15) is 19.1 Å². The lowest BCUT2D eigenvalue weighted by Gasteiger charge is -2.74. The van der Waals surface area contributed by atoms with E-state index in [-0.39, 0.29) is 57.4 Å². The lowest BCUT2D eigenvalue weighted by molar-refractivity contribution is -0.270. The fourth-order valence-electron chi connectivity index (χ4n) is 18.8. The molecule has 2 N–H and O–H groups in total. The highest BCUT2D eigenvalue weighted by Gasteiger charge is 2.77. The number of amides is 1. The van der Waals surface area contributed by atoms with E-state index < -0.39 is 22.7 Å². The van der Waals surface area contributed by atoms with Crippen molar-refractivity contribution in [2.24, 2.45) is 85.2 Å². The lowest BCUT2D eigenvalue weighted by atomic mass is 9.29. The number of carboxylic acid groups (broad SMARTS) is 1. The number of hydrogen-bond acceptors (Lipinski definition) is 5. The molecule has 8 nitrogen and oxygen atoms in total. The van der Waals surface area contributed by atoms with Crippen LogP contribution in [0.1, 0.15) is 163 Å². The Balaban J connectivity index is 0.904. The number of benzene rings is 2. The van der Waals surface area contributed by atoms with Crippen molar-refractivity contribution in [3.8, 4) is 11.3 Å². The van der Waals surface area contributed by atoms with Gasteiger partial charge in [-0.2, -0.15) is 0 Å². The monoisotopic (exact) mass is 916 g/mol. The van der Waals surface area contributed by atoms with E-state index in [1.807, 2.05) is 50.4 Å². The molecule has 7 aliphatic rings. The molecule has 1 amide bonds. The zero-order valence-electron chi connectivity index (χ0n) is 41.9. The van der Waals surface area contributed by atoms with Crippen LogP contribution in [-0.2, 0) is 25.7 Å². The maximum absolute atomic E-state index is 15.7. The number of ether oxygens (including phenoxy) is 1. The number of carboxylic acids is 1. The van der Waals surface area contributed by atoms with Crippen LogP contribution in [0.25, 0.3) is 11.3 Å². The number of aliphatic carboxylic acids is 1. The van der Waals surface area contributed by atoms with Gasteiger partial charge in [0.25, 0.3) is 0 Å². The van der Waals surface area contributed by atoms with Crippen molar-refractivity contribution in [3.63, 3.8) is 0 Å². The number of carbonyl (C=O) groups is 3. The first-order valence-electron chi connectivity index (χ1n) is 26.2. The number of nitrogens with zero attached hydrogens (tertiary/aromatic N) is 2. The molecule has 1 unspecified atom stereocenters. The number of fused-ring (bicyclic) bond motifs is 7. The minimum absolute atomic E-state index is 0.0542. The number of rotatable bonds is 9. The minimum atomic E-state index is -1.01. The third-order valence-electron chi connectivity index (χ3n) is 22.4. The van der Waals surface area contributed by atoms with Crippen molar-refractivity contribution in [1.82, 2.24) is 14.9 Å². The van der Waals surface area contributed by atoms with Gasteiger partial charge in [0.1, 0.15) is 18.2 Å². The molecule has 362 valence electrons. The van der Waals surface area contributed by atoms with E-state index >= 15 is 4.79 Å². The Morgan fingerprint density at radius 2 is 1.54 bits per heavy atom. The second kappa shape index (κ2) is 16.0. The van der Waals surface area contributed by atoms with Crippen molar-refractivity contribution >= 4 is 17.8 Å². The van der Waals surface area contributed by atoms with Crippen molar-refractivity contribution in [3.05, 3.63) is 78.0 Å². The number of H-pyrrole nitrogens is 1. The maximum Gasteiger partial charge on any atom is 0.310 e. The van der Waals surface area contributed by atoms with E-state index in [2.05, 4.69) is 58.4 Å². The van der Waals surface area contributed by atoms with E-state index in [1.54, 1.807) is 12.1 Å². The Morgan fingerprint density at radius 3 is 2.22 bits per heavy atom. The molecule has 2 heterocycles. The number of imidazole rings is 1. The first-order chi connectivity index (χ1) is 31.7. The molecular formula is C58H78FN3O5. The molecule has 7 fully saturated rings. The standard InChI is InChI=1S/C58H78FN3O5/c1-35(2)39-23-28-57(50(64)62-31-13-16-43(62)48-60-33-42(61-48)37-17-19-38(59)20-18-37)30-29-55(8)40(47(39)57)21-22-46-54(7)26-24-45(52(3,4)44(54)25-27-56(46,55)9)58(51(65)66)32-41(53(58,5)6)49(63)67-34-36-14-11-10-12-15-36/h10-12,14-15,17-20,33,35,39-41,43-47H,13,16,21-32,34H2,1-9H3,(H,60,61)(H,65,66)/t39?,40-,41+,43+,44-,45+,46-,47-,54-,55-,56-,57+,58-/m1/s1. The molecule has 0 spiro atoms. The molecule has 0 radical (unpaired) electrons. The number of hydrogen-bond donors (Lipinski definition) is 2. The molecule has 1 saturated heterocycles. The Bertz CT molecular complexity index is 2390. The molecule has 6 aliphatic carbocycles. The highest BCUT2D eigenvalue weighted by atomic mass is 19.1. The molecular weight excluding hydrogens is 838 g/mol. The summed E-state index contributed by atoms with van der Waals surface area (Å²) in [6.45, 7) is 22.5. The van der Waals surface area contributed by atoms with Gasteiger partial charge < -0.3 is 19.7 Å². The van der Waals surface area contributed by atoms with Gasteiger partial charge in [0.15, 0.2) is 0 Å². The molecule has 67 heavy (non-hydrogen) atoms. The number of aromatic nitrogens is 2. The van der Waals surface area contributed by atoms with Gasteiger partial charge in [0, 0.05) is 6.54 Å². The second-order valence-corrected chi connectivity index (χ2v) is 25.4. The number of carbonyl (C=O) groups excluding carboxylic acids is 2. The predicted octanol–water partition coefficient (Wildman–Crippen LogP) is 13.1. The van der Waals surface area contributed by atoms with Crippen LogP contribution in [0.15, 0.2) is 60.8 Å². The second-order valence-electron chi connectivity index (χ2n) is 25.4. The summed E-state index contributed by atoms with van der Waals surface area (Å²) in [6, 6.07) is 16.1. The summed E-state index contributed by atoms with van der Waals surface area (Å²) in [5.74, 6) is 2.06. The fourth-order valence-corrected chi connectivity index (χ4v) is 18.8. The smallest absolute Gasteiger partial charge is 0.310 e. The van der Waals surface area contributed by atoms with Gasteiger partial charge in [-0.05, 0) is 187 Å². The van der Waals surface area contributed by atoms with Gasteiger partial charge in [0.05, 0.1) is 34.7 Å². The third-order valence-corrected chi connectivity index (χ3v) is 22.4. The Hall–Kier alpha value is -4.01. The van der Waals surface area contributed by atoms with Gasteiger partial charge in [-0.15, -0.1) is 0 Å². The normalized spacial score (nSPS) is 40.5. The Kier molecular flexibility index (Phi) is 11.2. The van der Waals surface area contributed by atoms with E-state index in [4.69, 9.17) is 9.72 Å². The summed E-state index contributed by atoms with van der Waals surface area (Å²) in [5, 5.41) is 11.4. The molecule has 3 aromatic rings. The fraction of sp³-hybridized carbons (Fsp3) is 0.690. The van der Waals surface area contributed by atoms with Gasteiger partial charge in [0.2, 0.25) is 5.91 Å². The number of halogens is 1. The van der Waals surface area contributed by atoms with Gasteiger partial charge in [-0.1, -0.05) is 92.6 Å². The number of aromatic amines is 1. The Morgan fingerprint density at radius 1 is 0.821 bits per heavy atom. The van der Waals surface area contributed by atoms with Crippen LogP contribution >= 0.6 is 0 Å². The van der Waals surface area contributed by atoms with Crippen LogP contribution < -0.4 is 0 Å². The molecule has 1 aromatic heterocycles. The molecule has 1 aliphatic heterocycles. The summed E-state index contributed by atoms with van der Waals surface area (Å²) in [4.78, 5) is 53.9. The van der Waals surface area contributed by atoms with Crippen LogP contribution in [0.3, 0.4) is 0 Å². The summed E-state index contributed by atoms with van der Waals surface area (Å²) in [5.41, 5.74) is 0.521. The van der Waals surface area contributed by atoms with Gasteiger partial charge in [-0.25, -0.2) is 9.37 Å². The zero-order valence-corrected chi connectivity index (χ0v) is 41.9. The van der Waals surface area contributed by atoms with Crippen LogP contribution in [0.4, 0.5) is 4.39 Å². The van der Waals surface area contributed by atoms with Crippen molar-refractivity contribution in [2.75, 3.05) is 6.54 Å². The molecule has 10 rings (SSSR count). The van der Waals surface area contributed by atoms with Crippen LogP contribution in [0.2, 0.25) is 0 Å². The summed E-state index contributed by atoms with van der Waals surface area (Å²) >= 11 is 0. The summed E-state index contributed by atoms with van der Waals surface area (Å²) < 4.78 is 19.7. The van der Waals surface area contributed by atoms with Crippen LogP contribution in [0.5, 0.6) is 0 Å². The van der Waals surface area contributed by atoms with Gasteiger partial charge >= 0.3 is 11.9 Å². The van der Waals surface area contributed by atoms with Crippen molar-refractivity contribution in [1.29, 1.82) is 0 Å². The van der Waals surface area contributed by atoms with Crippen LogP contribution in [0, 0.1) is 91.1 Å². The molecule has 13 atom stereocenters.